The van der Waals surface area contributed by atoms with E-state index in [-0.39, 0.29) is 10.5 Å². The van der Waals surface area contributed by atoms with Gasteiger partial charge in [0.1, 0.15) is 0 Å². The van der Waals surface area contributed by atoms with Gasteiger partial charge in [-0.1, -0.05) is 0 Å². The van der Waals surface area contributed by atoms with Crippen LogP contribution < -0.4 is 4.72 Å². The molecule has 0 saturated heterocycles. The van der Waals surface area contributed by atoms with Crippen LogP contribution in [-0.4, -0.2) is 38.0 Å². The highest BCUT2D eigenvalue weighted by molar-refractivity contribution is 9.10. The van der Waals surface area contributed by atoms with Crippen molar-refractivity contribution >= 4 is 43.7 Å². The van der Waals surface area contributed by atoms with Crippen LogP contribution in [0.25, 0.3) is 0 Å². The molecule has 5 nitrogen and oxygen atoms in total. The number of sulfonamides is 1. The third kappa shape index (κ3) is 4.79. The van der Waals surface area contributed by atoms with Crippen LogP contribution >= 0.6 is 27.7 Å². The number of thioether (sulfide) groups is 1. The fourth-order valence-electron chi connectivity index (χ4n) is 1.34. The Morgan fingerprint density at radius 3 is 2.74 bits per heavy atom. The summed E-state index contributed by atoms with van der Waals surface area (Å²) in [4.78, 5) is 10.9. The van der Waals surface area contributed by atoms with E-state index in [0.29, 0.717) is 11.0 Å². The van der Waals surface area contributed by atoms with Gasteiger partial charge in [-0.2, -0.15) is 11.8 Å². The second-order valence-electron chi connectivity index (χ2n) is 3.69. The van der Waals surface area contributed by atoms with Crippen LogP contribution in [-0.2, 0) is 10.0 Å². The number of carbonyl (C=O) groups is 1. The quantitative estimate of drug-likeness (QED) is 0.721. The summed E-state index contributed by atoms with van der Waals surface area (Å²) in [7, 11) is -3.66. The molecule has 0 bridgehead atoms. The molecule has 0 aliphatic rings. The molecule has 2 N–H and O–H groups in total. The molecule has 1 rings (SSSR count). The minimum atomic E-state index is -3.66. The zero-order valence-corrected chi connectivity index (χ0v) is 13.4. The molecule has 19 heavy (non-hydrogen) atoms. The number of rotatable bonds is 7. The molecule has 0 aliphatic carbocycles. The standard InChI is InChI=1S/C11H14BrNO4S2/c1-18-6-2-5-13-19(16,17)8-3-4-10(12)9(7-8)11(14)15/h3-4,7,13H,2,5-6H2,1H3,(H,14,15). The molecular weight excluding hydrogens is 354 g/mol. The summed E-state index contributed by atoms with van der Waals surface area (Å²) in [5.74, 6) is -0.310. The lowest BCUT2D eigenvalue weighted by Gasteiger charge is -2.08. The predicted molar refractivity (Wildman–Crippen MR) is 79.3 cm³/mol. The molecule has 1 aromatic rings. The number of aromatic carboxylic acids is 1. The monoisotopic (exact) mass is 367 g/mol. The lowest BCUT2D eigenvalue weighted by atomic mass is 10.2. The first-order chi connectivity index (χ1) is 8.88. The molecule has 0 atom stereocenters. The van der Waals surface area contributed by atoms with Crippen molar-refractivity contribution in [3.63, 3.8) is 0 Å². The summed E-state index contributed by atoms with van der Waals surface area (Å²) in [6.07, 6.45) is 2.67. The number of carboxylic acid groups (broad SMARTS) is 1. The van der Waals surface area contributed by atoms with Crippen LogP contribution in [0.5, 0.6) is 0 Å². The van der Waals surface area contributed by atoms with Gasteiger partial charge < -0.3 is 5.11 Å². The van der Waals surface area contributed by atoms with Crippen LogP contribution in [0, 0.1) is 0 Å². The summed E-state index contributed by atoms with van der Waals surface area (Å²) in [6.45, 7) is 0.335. The summed E-state index contributed by atoms with van der Waals surface area (Å²) in [5, 5.41) is 8.95. The van der Waals surface area contributed by atoms with Crippen LogP contribution in [0.4, 0.5) is 0 Å². The maximum absolute atomic E-state index is 12.0. The zero-order chi connectivity index (χ0) is 14.5. The van der Waals surface area contributed by atoms with E-state index in [4.69, 9.17) is 5.11 Å². The van der Waals surface area contributed by atoms with Crippen molar-refractivity contribution in [1.82, 2.24) is 4.72 Å². The molecule has 0 radical (unpaired) electrons. The average molecular weight is 368 g/mol. The third-order valence-electron chi connectivity index (χ3n) is 2.30. The maximum Gasteiger partial charge on any atom is 0.336 e. The van der Waals surface area contributed by atoms with Gasteiger partial charge in [0.05, 0.1) is 10.5 Å². The van der Waals surface area contributed by atoms with E-state index in [1.54, 1.807) is 11.8 Å². The normalized spacial score (nSPS) is 11.5. The van der Waals surface area contributed by atoms with Gasteiger partial charge in [-0.3, -0.25) is 0 Å². The van der Waals surface area contributed by atoms with Gasteiger partial charge in [0.25, 0.3) is 0 Å². The maximum atomic E-state index is 12.0. The second kappa shape index (κ2) is 7.28. The molecule has 0 aliphatic heterocycles. The molecule has 0 aromatic heterocycles. The SMILES string of the molecule is CSCCCNS(=O)(=O)c1ccc(Br)c(C(=O)O)c1. The molecule has 1 aromatic carbocycles. The van der Waals surface area contributed by atoms with Crippen molar-refractivity contribution in [2.45, 2.75) is 11.3 Å². The fourth-order valence-corrected chi connectivity index (χ4v) is 3.29. The largest absolute Gasteiger partial charge is 0.478 e. The van der Waals surface area contributed by atoms with E-state index in [9.17, 15) is 13.2 Å². The Kier molecular flexibility index (Phi) is 6.31. The van der Waals surface area contributed by atoms with Gasteiger partial charge >= 0.3 is 5.97 Å². The van der Waals surface area contributed by atoms with Crippen LogP contribution in [0.1, 0.15) is 16.8 Å². The second-order valence-corrected chi connectivity index (χ2v) is 7.30. The lowest BCUT2D eigenvalue weighted by Crippen LogP contribution is -2.25. The predicted octanol–water partition coefficient (Wildman–Crippen LogP) is 2.18. The molecule has 0 fully saturated rings. The molecule has 0 spiro atoms. The van der Waals surface area contributed by atoms with Crippen molar-refractivity contribution in [3.05, 3.63) is 28.2 Å². The van der Waals surface area contributed by atoms with Gasteiger partial charge in [0.15, 0.2) is 0 Å². The van der Waals surface area contributed by atoms with Gasteiger partial charge in [-0.25, -0.2) is 17.9 Å². The summed E-state index contributed by atoms with van der Waals surface area (Å²) in [5.41, 5.74) is -0.0769. The Labute approximate surface area is 125 Å². The van der Waals surface area contributed by atoms with E-state index < -0.39 is 16.0 Å². The number of carboxylic acids is 1. The van der Waals surface area contributed by atoms with E-state index in [1.807, 2.05) is 6.26 Å². The van der Waals surface area contributed by atoms with Gasteiger partial charge in [0, 0.05) is 11.0 Å². The first-order valence-corrected chi connectivity index (χ1v) is 9.07. The van der Waals surface area contributed by atoms with E-state index in [1.165, 1.54) is 12.1 Å². The van der Waals surface area contributed by atoms with E-state index in [0.717, 1.165) is 18.2 Å². The zero-order valence-electron chi connectivity index (χ0n) is 10.2. The molecular formula is C11H14BrNO4S2. The smallest absolute Gasteiger partial charge is 0.336 e. The first kappa shape index (κ1) is 16.5. The van der Waals surface area contributed by atoms with Crippen molar-refractivity contribution in [1.29, 1.82) is 0 Å². The highest BCUT2D eigenvalue weighted by atomic mass is 79.9. The number of halogens is 1. The Morgan fingerprint density at radius 2 is 2.16 bits per heavy atom. The van der Waals surface area contributed by atoms with Gasteiger partial charge in [0.2, 0.25) is 10.0 Å². The topological polar surface area (TPSA) is 83.5 Å². The van der Waals surface area contributed by atoms with Gasteiger partial charge in [-0.05, 0) is 52.6 Å². The Morgan fingerprint density at radius 1 is 1.47 bits per heavy atom. The summed E-state index contributed by atoms with van der Waals surface area (Å²) in [6, 6.07) is 3.93. The summed E-state index contributed by atoms with van der Waals surface area (Å²) < 4.78 is 26.7. The van der Waals surface area contributed by atoms with Crippen molar-refractivity contribution in [3.8, 4) is 0 Å². The average Bonchev–Trinajstić information content (AvgIpc) is 2.34. The molecule has 0 heterocycles. The molecule has 106 valence electrons. The highest BCUT2D eigenvalue weighted by Gasteiger charge is 2.17. The molecule has 0 unspecified atom stereocenters. The lowest BCUT2D eigenvalue weighted by molar-refractivity contribution is 0.0695. The van der Waals surface area contributed by atoms with Crippen LogP contribution in [0.3, 0.4) is 0 Å². The first-order valence-electron chi connectivity index (χ1n) is 5.40. The van der Waals surface area contributed by atoms with Crippen LogP contribution in [0.15, 0.2) is 27.6 Å². The molecule has 0 saturated carbocycles. The number of benzene rings is 1. The number of nitrogens with one attached hydrogen (secondary N) is 1. The van der Waals surface area contributed by atoms with E-state index >= 15 is 0 Å². The Balaban J connectivity index is 2.89. The molecule has 0 amide bonds. The van der Waals surface area contributed by atoms with Crippen molar-refractivity contribution < 1.29 is 18.3 Å². The summed E-state index contributed by atoms with van der Waals surface area (Å²) >= 11 is 4.71. The third-order valence-corrected chi connectivity index (χ3v) is 5.14. The fraction of sp³-hybridized carbons (Fsp3) is 0.364. The van der Waals surface area contributed by atoms with Crippen molar-refractivity contribution in [2.24, 2.45) is 0 Å². The van der Waals surface area contributed by atoms with Crippen molar-refractivity contribution in [2.75, 3.05) is 18.6 Å². The minimum absolute atomic E-state index is 0.0442. The van der Waals surface area contributed by atoms with E-state index in [2.05, 4.69) is 20.7 Å². The van der Waals surface area contributed by atoms with Gasteiger partial charge in [-0.15, -0.1) is 0 Å². The minimum Gasteiger partial charge on any atom is -0.478 e. The number of hydrogen-bond acceptors (Lipinski definition) is 4. The molecule has 8 heteroatoms. The number of hydrogen-bond donors (Lipinski definition) is 2. The Hall–Kier alpha value is -0.570. The highest BCUT2D eigenvalue weighted by Crippen LogP contribution is 2.21. The Bertz CT molecular complexity index is 560. The van der Waals surface area contributed by atoms with Crippen LogP contribution in [0.2, 0.25) is 0 Å².